The third-order valence-electron chi connectivity index (χ3n) is 5.07. The van der Waals surface area contributed by atoms with E-state index in [1.807, 2.05) is 45.0 Å². The van der Waals surface area contributed by atoms with Gasteiger partial charge in [0, 0.05) is 17.6 Å². The van der Waals surface area contributed by atoms with Gasteiger partial charge in [0.25, 0.3) is 5.91 Å². The average Bonchev–Trinajstić information content (AvgIpc) is 2.78. The van der Waals surface area contributed by atoms with Gasteiger partial charge in [0.2, 0.25) is 5.91 Å². The molecule has 2 aromatic rings. The van der Waals surface area contributed by atoms with Crippen LogP contribution >= 0.6 is 11.6 Å². The van der Waals surface area contributed by atoms with Crippen LogP contribution < -0.4 is 14.8 Å². The second-order valence-corrected chi connectivity index (χ2v) is 7.77. The Hall–Kier alpha value is -2.73. The molecule has 0 aromatic heterocycles. The van der Waals surface area contributed by atoms with Crippen LogP contribution in [0.15, 0.2) is 48.5 Å². The number of methoxy groups -OCH3 is 1. The standard InChI is InChI=1S/C24H31ClN2O4/c1-5-17(3)26-24(29)20(6-2)27(15-18-11-13-19(25)14-12-18)23(28)16-31-22-10-8-7-9-21(22)30-4/h7-14,17,20H,5-6,15-16H2,1-4H3,(H,26,29)/t17-,20+/m1/s1. The van der Waals surface area contributed by atoms with E-state index >= 15 is 0 Å². The van der Waals surface area contributed by atoms with E-state index in [1.54, 1.807) is 36.3 Å². The molecule has 1 N–H and O–H groups in total. The van der Waals surface area contributed by atoms with Crippen molar-refractivity contribution in [2.24, 2.45) is 0 Å². The molecule has 2 amide bonds. The minimum absolute atomic E-state index is 0.0267. The number of para-hydroxylation sites is 2. The molecule has 0 aliphatic carbocycles. The molecule has 0 aliphatic rings. The maximum absolute atomic E-state index is 13.2. The highest BCUT2D eigenvalue weighted by molar-refractivity contribution is 6.30. The van der Waals surface area contributed by atoms with E-state index in [0.29, 0.717) is 22.9 Å². The Morgan fingerprint density at radius 1 is 1.03 bits per heavy atom. The molecule has 168 valence electrons. The van der Waals surface area contributed by atoms with Gasteiger partial charge in [-0.2, -0.15) is 0 Å². The van der Waals surface area contributed by atoms with Gasteiger partial charge < -0.3 is 19.7 Å². The van der Waals surface area contributed by atoms with Crippen LogP contribution in [0.2, 0.25) is 5.02 Å². The van der Waals surface area contributed by atoms with Gasteiger partial charge in [0.15, 0.2) is 18.1 Å². The van der Waals surface area contributed by atoms with Crippen LogP contribution in [-0.4, -0.2) is 42.5 Å². The predicted octanol–water partition coefficient (Wildman–Crippen LogP) is 4.45. The van der Waals surface area contributed by atoms with Crippen LogP contribution in [0.1, 0.15) is 39.2 Å². The largest absolute Gasteiger partial charge is 0.493 e. The van der Waals surface area contributed by atoms with Crippen LogP contribution in [0.3, 0.4) is 0 Å². The maximum atomic E-state index is 13.2. The minimum atomic E-state index is -0.613. The van der Waals surface area contributed by atoms with Gasteiger partial charge in [-0.3, -0.25) is 9.59 Å². The molecule has 0 saturated heterocycles. The third kappa shape index (κ3) is 7.17. The zero-order valence-electron chi connectivity index (χ0n) is 18.6. The molecule has 0 saturated carbocycles. The highest BCUT2D eigenvalue weighted by Crippen LogP contribution is 2.26. The summed E-state index contributed by atoms with van der Waals surface area (Å²) in [5, 5.41) is 3.60. The van der Waals surface area contributed by atoms with Gasteiger partial charge >= 0.3 is 0 Å². The first-order chi connectivity index (χ1) is 14.9. The quantitative estimate of drug-likeness (QED) is 0.553. The highest BCUT2D eigenvalue weighted by Gasteiger charge is 2.29. The molecule has 2 rings (SSSR count). The van der Waals surface area contributed by atoms with Crippen molar-refractivity contribution in [2.75, 3.05) is 13.7 Å². The molecule has 0 bridgehead atoms. The predicted molar refractivity (Wildman–Crippen MR) is 122 cm³/mol. The molecule has 0 heterocycles. The molecule has 31 heavy (non-hydrogen) atoms. The second-order valence-electron chi connectivity index (χ2n) is 7.33. The Bertz CT molecular complexity index is 857. The molecule has 0 radical (unpaired) electrons. The topological polar surface area (TPSA) is 67.9 Å². The van der Waals surface area contributed by atoms with E-state index in [9.17, 15) is 9.59 Å². The number of amides is 2. The van der Waals surface area contributed by atoms with Crippen molar-refractivity contribution in [3.05, 3.63) is 59.1 Å². The van der Waals surface area contributed by atoms with Crippen molar-refractivity contribution in [1.29, 1.82) is 0 Å². The Balaban J connectivity index is 2.23. The zero-order chi connectivity index (χ0) is 22.8. The lowest BCUT2D eigenvalue weighted by Crippen LogP contribution is -2.51. The van der Waals surface area contributed by atoms with E-state index in [4.69, 9.17) is 21.1 Å². The van der Waals surface area contributed by atoms with Crippen LogP contribution in [0.4, 0.5) is 0 Å². The SMILES string of the molecule is CC[C@@H](C)NC(=O)[C@H](CC)N(Cc1ccc(Cl)cc1)C(=O)COc1ccccc1OC. The van der Waals surface area contributed by atoms with Crippen molar-refractivity contribution in [3.63, 3.8) is 0 Å². The van der Waals surface area contributed by atoms with Crippen LogP contribution in [0.5, 0.6) is 11.5 Å². The Labute approximate surface area is 189 Å². The molecular weight excluding hydrogens is 416 g/mol. The van der Waals surface area contributed by atoms with E-state index in [-0.39, 0.29) is 31.0 Å². The molecule has 0 unspecified atom stereocenters. The fourth-order valence-electron chi connectivity index (χ4n) is 3.11. The van der Waals surface area contributed by atoms with E-state index < -0.39 is 6.04 Å². The summed E-state index contributed by atoms with van der Waals surface area (Å²) in [5.41, 5.74) is 0.879. The van der Waals surface area contributed by atoms with E-state index in [2.05, 4.69) is 5.32 Å². The fraction of sp³-hybridized carbons (Fsp3) is 0.417. The van der Waals surface area contributed by atoms with Crippen molar-refractivity contribution in [1.82, 2.24) is 10.2 Å². The Morgan fingerprint density at radius 3 is 2.26 bits per heavy atom. The second kappa shape index (κ2) is 12.2. The first-order valence-electron chi connectivity index (χ1n) is 10.5. The summed E-state index contributed by atoms with van der Waals surface area (Å²) in [6.07, 6.45) is 1.29. The number of rotatable bonds is 11. The number of hydrogen-bond acceptors (Lipinski definition) is 4. The maximum Gasteiger partial charge on any atom is 0.261 e. The number of halogens is 1. The van der Waals surface area contributed by atoms with Crippen LogP contribution in [0, 0.1) is 0 Å². The molecule has 6 nitrogen and oxygen atoms in total. The Kier molecular flexibility index (Phi) is 9.66. The monoisotopic (exact) mass is 446 g/mol. The molecule has 7 heteroatoms. The summed E-state index contributed by atoms with van der Waals surface area (Å²) in [4.78, 5) is 27.7. The van der Waals surface area contributed by atoms with Crippen LogP contribution in [0.25, 0.3) is 0 Å². The summed E-state index contributed by atoms with van der Waals surface area (Å²) >= 11 is 5.99. The normalized spacial score (nSPS) is 12.5. The molecule has 2 atom stereocenters. The Morgan fingerprint density at radius 2 is 1.68 bits per heavy atom. The third-order valence-corrected chi connectivity index (χ3v) is 5.33. The lowest BCUT2D eigenvalue weighted by atomic mass is 10.1. The highest BCUT2D eigenvalue weighted by atomic mass is 35.5. The summed E-state index contributed by atoms with van der Waals surface area (Å²) in [5.74, 6) is 0.562. The van der Waals surface area contributed by atoms with Gasteiger partial charge in [-0.15, -0.1) is 0 Å². The van der Waals surface area contributed by atoms with Crippen molar-refractivity contribution in [2.45, 2.75) is 52.2 Å². The number of ether oxygens (including phenoxy) is 2. The summed E-state index contributed by atoms with van der Waals surface area (Å²) in [6, 6.07) is 13.8. The molecule has 0 aliphatic heterocycles. The minimum Gasteiger partial charge on any atom is -0.493 e. The van der Waals surface area contributed by atoms with Crippen molar-refractivity contribution < 1.29 is 19.1 Å². The summed E-state index contributed by atoms with van der Waals surface area (Å²) < 4.78 is 11.0. The lowest BCUT2D eigenvalue weighted by Gasteiger charge is -2.31. The molecule has 0 fully saturated rings. The van der Waals surface area contributed by atoms with Gasteiger partial charge in [-0.05, 0) is 49.6 Å². The van der Waals surface area contributed by atoms with E-state index in [1.165, 1.54) is 0 Å². The fourth-order valence-corrected chi connectivity index (χ4v) is 3.23. The van der Waals surface area contributed by atoms with Crippen molar-refractivity contribution >= 4 is 23.4 Å². The van der Waals surface area contributed by atoms with E-state index in [0.717, 1.165) is 12.0 Å². The number of nitrogens with zero attached hydrogens (tertiary/aromatic N) is 1. The average molecular weight is 447 g/mol. The van der Waals surface area contributed by atoms with Crippen LogP contribution in [-0.2, 0) is 16.1 Å². The van der Waals surface area contributed by atoms with Crippen molar-refractivity contribution in [3.8, 4) is 11.5 Å². The first-order valence-corrected chi connectivity index (χ1v) is 10.9. The van der Waals surface area contributed by atoms with Gasteiger partial charge in [-0.25, -0.2) is 0 Å². The number of carbonyl (C=O) groups excluding carboxylic acids is 2. The van der Waals surface area contributed by atoms with Gasteiger partial charge in [-0.1, -0.05) is 49.7 Å². The smallest absolute Gasteiger partial charge is 0.261 e. The molecule has 2 aromatic carbocycles. The lowest BCUT2D eigenvalue weighted by molar-refractivity contribution is -0.143. The number of benzene rings is 2. The van der Waals surface area contributed by atoms with Gasteiger partial charge in [0.1, 0.15) is 6.04 Å². The number of hydrogen-bond donors (Lipinski definition) is 1. The molecular formula is C24H31ClN2O4. The zero-order valence-corrected chi connectivity index (χ0v) is 19.3. The molecule has 0 spiro atoms. The van der Waals surface area contributed by atoms with Gasteiger partial charge in [0.05, 0.1) is 7.11 Å². The summed E-state index contributed by atoms with van der Waals surface area (Å²) in [6.45, 7) is 5.91. The number of carbonyl (C=O) groups is 2. The first kappa shape index (κ1) is 24.5. The number of nitrogens with one attached hydrogen (secondary N) is 1. The summed E-state index contributed by atoms with van der Waals surface area (Å²) in [7, 11) is 1.54.